The van der Waals surface area contributed by atoms with E-state index in [1.54, 1.807) is 27.7 Å². The summed E-state index contributed by atoms with van der Waals surface area (Å²) in [5, 5.41) is 10.7. The first-order valence-electron chi connectivity index (χ1n) is 8.35. The van der Waals surface area contributed by atoms with E-state index >= 15 is 0 Å². The van der Waals surface area contributed by atoms with Gasteiger partial charge in [0.1, 0.15) is 5.60 Å². The van der Waals surface area contributed by atoms with Gasteiger partial charge in [-0.1, -0.05) is 13.3 Å². The number of benzene rings is 1. The van der Waals surface area contributed by atoms with E-state index in [-0.39, 0.29) is 11.5 Å². The predicted molar refractivity (Wildman–Crippen MR) is 94.7 cm³/mol. The Kier molecular flexibility index (Phi) is 7.09. The van der Waals surface area contributed by atoms with Crippen molar-refractivity contribution < 1.29 is 19.2 Å². The zero-order chi connectivity index (χ0) is 19.2. The number of amides is 1. The van der Waals surface area contributed by atoms with Gasteiger partial charge < -0.3 is 4.74 Å². The van der Waals surface area contributed by atoms with Gasteiger partial charge in [-0.2, -0.15) is 0 Å². The van der Waals surface area contributed by atoms with Crippen LogP contribution in [0, 0.1) is 10.1 Å². The highest BCUT2D eigenvalue weighted by atomic mass is 16.6. The first kappa shape index (κ1) is 20.6. The maximum Gasteiger partial charge on any atom is 0.410 e. The molecule has 0 heterocycles. The highest BCUT2D eigenvalue weighted by Gasteiger charge is 2.30. The highest BCUT2D eigenvalue weighted by Crippen LogP contribution is 2.18. The summed E-state index contributed by atoms with van der Waals surface area (Å²) >= 11 is 0. The fourth-order valence-corrected chi connectivity index (χ4v) is 2.22. The van der Waals surface area contributed by atoms with Crippen molar-refractivity contribution in [3.8, 4) is 0 Å². The van der Waals surface area contributed by atoms with Crippen molar-refractivity contribution >= 4 is 17.6 Å². The fourth-order valence-electron chi connectivity index (χ4n) is 2.22. The van der Waals surface area contributed by atoms with Gasteiger partial charge in [-0.3, -0.25) is 19.8 Å². The zero-order valence-corrected chi connectivity index (χ0v) is 15.4. The molecule has 0 radical (unpaired) electrons. The third-order valence-corrected chi connectivity index (χ3v) is 3.59. The van der Waals surface area contributed by atoms with E-state index in [9.17, 15) is 19.7 Å². The van der Waals surface area contributed by atoms with Gasteiger partial charge in [0.25, 0.3) is 5.69 Å². The number of hydrogen-bond acceptors (Lipinski definition) is 5. The third-order valence-electron chi connectivity index (χ3n) is 3.59. The number of non-ortho nitro benzene ring substituents is 1. The van der Waals surface area contributed by atoms with E-state index in [1.807, 2.05) is 6.92 Å². The highest BCUT2D eigenvalue weighted by molar-refractivity contribution is 6.01. The second-order valence-corrected chi connectivity index (χ2v) is 6.87. The van der Waals surface area contributed by atoms with Crippen molar-refractivity contribution in [1.82, 2.24) is 4.90 Å². The van der Waals surface area contributed by atoms with E-state index in [2.05, 4.69) is 0 Å². The Hall–Kier alpha value is -2.44. The van der Waals surface area contributed by atoms with E-state index in [4.69, 9.17) is 4.74 Å². The summed E-state index contributed by atoms with van der Waals surface area (Å²) in [5.41, 5.74) is -0.417. The molecular weight excluding hydrogens is 324 g/mol. The Balaban J connectivity index is 2.98. The lowest BCUT2D eigenvalue weighted by atomic mass is 10.0. The standard InChI is InChI=1S/C18H26N2O5/c1-6-7-12-19(17(22)25-18(3,4)5)13(2)16(21)14-8-10-15(11-9-14)20(23)24/h8-11,13H,6-7,12H2,1-5H3. The smallest absolute Gasteiger partial charge is 0.410 e. The monoisotopic (exact) mass is 350 g/mol. The number of carbonyl (C=O) groups excluding carboxylic acids is 2. The summed E-state index contributed by atoms with van der Waals surface area (Å²) in [6.45, 7) is 9.36. The molecule has 1 aromatic carbocycles. The number of unbranched alkanes of at least 4 members (excludes halogenated alkanes) is 1. The number of ketones is 1. The Bertz CT molecular complexity index is 619. The molecule has 0 aliphatic carbocycles. The van der Waals surface area contributed by atoms with Crippen LogP contribution in [0.2, 0.25) is 0 Å². The first-order chi connectivity index (χ1) is 11.6. The number of hydrogen-bond donors (Lipinski definition) is 0. The first-order valence-corrected chi connectivity index (χ1v) is 8.35. The summed E-state index contributed by atoms with van der Waals surface area (Å²) in [4.78, 5) is 36.7. The zero-order valence-electron chi connectivity index (χ0n) is 15.4. The summed E-state index contributed by atoms with van der Waals surface area (Å²) < 4.78 is 5.40. The quantitative estimate of drug-likeness (QED) is 0.417. The molecule has 0 aromatic heterocycles. The van der Waals surface area contributed by atoms with Crippen LogP contribution in [0.25, 0.3) is 0 Å². The van der Waals surface area contributed by atoms with Crippen molar-refractivity contribution in [2.24, 2.45) is 0 Å². The number of rotatable bonds is 7. The summed E-state index contributed by atoms with van der Waals surface area (Å²) in [5.74, 6) is -0.281. The summed E-state index contributed by atoms with van der Waals surface area (Å²) in [6.07, 6.45) is 1.08. The lowest BCUT2D eigenvalue weighted by Crippen LogP contribution is -2.46. The van der Waals surface area contributed by atoms with E-state index in [1.165, 1.54) is 29.2 Å². The maximum absolute atomic E-state index is 12.7. The predicted octanol–water partition coefficient (Wildman–Crippen LogP) is 4.20. The van der Waals surface area contributed by atoms with Gasteiger partial charge in [0, 0.05) is 24.2 Å². The van der Waals surface area contributed by atoms with Gasteiger partial charge in [0.2, 0.25) is 0 Å². The van der Waals surface area contributed by atoms with Gasteiger partial charge in [-0.05, 0) is 46.2 Å². The Morgan fingerprint density at radius 1 is 1.24 bits per heavy atom. The van der Waals surface area contributed by atoms with E-state index < -0.39 is 22.7 Å². The lowest BCUT2D eigenvalue weighted by molar-refractivity contribution is -0.384. The average Bonchev–Trinajstić information content (AvgIpc) is 2.52. The molecule has 0 saturated heterocycles. The minimum atomic E-state index is -0.720. The van der Waals surface area contributed by atoms with Crippen molar-refractivity contribution in [2.75, 3.05) is 6.54 Å². The number of ether oxygens (including phenoxy) is 1. The van der Waals surface area contributed by atoms with Gasteiger partial charge in [-0.25, -0.2) is 4.79 Å². The number of carbonyl (C=O) groups is 2. The molecule has 0 aliphatic rings. The average molecular weight is 350 g/mol. The van der Waals surface area contributed by atoms with Crippen molar-refractivity contribution in [2.45, 2.75) is 59.1 Å². The molecule has 0 N–H and O–H groups in total. The molecule has 7 nitrogen and oxygen atoms in total. The van der Waals surface area contributed by atoms with Gasteiger partial charge in [-0.15, -0.1) is 0 Å². The lowest BCUT2D eigenvalue weighted by Gasteiger charge is -2.31. The molecular formula is C18H26N2O5. The number of Topliss-reactive ketones (excluding diaryl/α,β-unsaturated/α-hetero) is 1. The Morgan fingerprint density at radius 3 is 2.24 bits per heavy atom. The maximum atomic E-state index is 12.7. The van der Waals surface area contributed by atoms with E-state index in [0.717, 1.165) is 12.8 Å². The molecule has 0 fully saturated rings. The normalized spacial score (nSPS) is 12.4. The molecule has 138 valence electrons. The molecule has 1 atom stereocenters. The molecule has 0 saturated carbocycles. The van der Waals surface area contributed by atoms with Crippen LogP contribution in [0.3, 0.4) is 0 Å². The Morgan fingerprint density at radius 2 is 1.80 bits per heavy atom. The largest absolute Gasteiger partial charge is 0.444 e. The van der Waals surface area contributed by atoms with Crippen molar-refractivity contribution in [1.29, 1.82) is 0 Å². The molecule has 1 amide bonds. The molecule has 0 bridgehead atoms. The van der Waals surface area contributed by atoms with Crippen LogP contribution >= 0.6 is 0 Å². The summed E-state index contributed by atoms with van der Waals surface area (Å²) in [6, 6.07) is 4.66. The minimum Gasteiger partial charge on any atom is -0.444 e. The van der Waals surface area contributed by atoms with Crippen LogP contribution in [0.1, 0.15) is 57.8 Å². The van der Waals surface area contributed by atoms with Crippen LogP contribution in [-0.4, -0.2) is 39.9 Å². The van der Waals surface area contributed by atoms with Crippen LogP contribution in [0.5, 0.6) is 0 Å². The molecule has 25 heavy (non-hydrogen) atoms. The molecule has 7 heteroatoms. The van der Waals surface area contributed by atoms with Crippen molar-refractivity contribution in [3.63, 3.8) is 0 Å². The minimum absolute atomic E-state index is 0.0841. The fraction of sp³-hybridized carbons (Fsp3) is 0.556. The summed E-state index contributed by atoms with van der Waals surface area (Å²) in [7, 11) is 0. The molecule has 0 aliphatic heterocycles. The third kappa shape index (κ3) is 6.17. The molecule has 1 unspecified atom stereocenters. The number of nitro benzene ring substituents is 1. The topological polar surface area (TPSA) is 89.8 Å². The molecule has 1 aromatic rings. The second-order valence-electron chi connectivity index (χ2n) is 6.87. The van der Waals surface area contributed by atoms with Gasteiger partial charge in [0.05, 0.1) is 11.0 Å². The van der Waals surface area contributed by atoms with Crippen LogP contribution < -0.4 is 0 Å². The van der Waals surface area contributed by atoms with Gasteiger partial charge in [0.15, 0.2) is 5.78 Å². The van der Waals surface area contributed by atoms with Crippen LogP contribution in [0.15, 0.2) is 24.3 Å². The molecule has 1 rings (SSSR count). The number of nitro groups is 1. The SMILES string of the molecule is CCCCN(C(=O)OC(C)(C)C)C(C)C(=O)c1ccc([N+](=O)[O-])cc1. The van der Waals surface area contributed by atoms with Gasteiger partial charge >= 0.3 is 6.09 Å². The Labute approximate surface area is 148 Å². The van der Waals surface area contributed by atoms with E-state index in [0.29, 0.717) is 12.1 Å². The molecule has 0 spiro atoms. The number of nitrogens with zero attached hydrogens (tertiary/aromatic N) is 2. The van der Waals surface area contributed by atoms with Crippen molar-refractivity contribution in [3.05, 3.63) is 39.9 Å². The van der Waals surface area contributed by atoms with Crippen LogP contribution in [0.4, 0.5) is 10.5 Å². The second kappa shape index (κ2) is 8.60. The van der Waals surface area contributed by atoms with Crippen LogP contribution in [-0.2, 0) is 4.74 Å².